The number of halogens is 1. The molecule has 1 aromatic rings. The van der Waals surface area contributed by atoms with Crippen LogP contribution in [0.5, 0.6) is 0 Å². The van der Waals surface area contributed by atoms with E-state index in [1.54, 1.807) is 6.20 Å². The van der Waals surface area contributed by atoms with Gasteiger partial charge >= 0.3 is 5.97 Å². The maximum Gasteiger partial charge on any atom is 0.305 e. The molecule has 0 unspecified atom stereocenters. The van der Waals surface area contributed by atoms with E-state index < -0.39 is 0 Å². The van der Waals surface area contributed by atoms with Gasteiger partial charge in [0.1, 0.15) is 3.70 Å². The molecular formula is C9H10INO2. The molecule has 0 spiro atoms. The summed E-state index contributed by atoms with van der Waals surface area (Å²) in [4.78, 5) is 14.9. The first-order chi connectivity index (χ1) is 6.22. The maximum absolute atomic E-state index is 10.8. The molecule has 3 nitrogen and oxygen atoms in total. The number of hydrogen-bond donors (Lipinski definition) is 0. The average Bonchev–Trinajstić information content (AvgIpc) is 2.16. The fourth-order valence-electron chi connectivity index (χ4n) is 0.903. The van der Waals surface area contributed by atoms with Crippen LogP contribution >= 0.6 is 22.6 Å². The van der Waals surface area contributed by atoms with Crippen LogP contribution < -0.4 is 0 Å². The summed E-state index contributed by atoms with van der Waals surface area (Å²) in [5.41, 5.74) is 1.06. The molecule has 0 N–H and O–H groups in total. The van der Waals surface area contributed by atoms with Crippen LogP contribution in [0.3, 0.4) is 0 Å². The Kier molecular flexibility index (Phi) is 4.14. The summed E-state index contributed by atoms with van der Waals surface area (Å²) in [6.45, 7) is 0. The molecule has 70 valence electrons. The molecule has 0 radical (unpaired) electrons. The second-order valence-electron chi connectivity index (χ2n) is 2.57. The average molecular weight is 291 g/mol. The Bertz CT molecular complexity index is 284. The quantitative estimate of drug-likeness (QED) is 0.484. The minimum Gasteiger partial charge on any atom is -0.469 e. The second-order valence-corrected chi connectivity index (χ2v) is 3.67. The van der Waals surface area contributed by atoms with Gasteiger partial charge in [-0.1, -0.05) is 6.07 Å². The number of pyridine rings is 1. The molecule has 0 saturated heterocycles. The van der Waals surface area contributed by atoms with E-state index in [-0.39, 0.29) is 5.97 Å². The van der Waals surface area contributed by atoms with Crippen molar-refractivity contribution < 1.29 is 9.53 Å². The third kappa shape index (κ3) is 3.71. The molecule has 1 rings (SSSR count). The molecule has 0 fully saturated rings. The highest BCUT2D eigenvalue weighted by Crippen LogP contribution is 2.05. The zero-order valence-corrected chi connectivity index (χ0v) is 9.45. The summed E-state index contributed by atoms with van der Waals surface area (Å²) >= 11 is 2.14. The molecule has 0 saturated carbocycles. The van der Waals surface area contributed by atoms with E-state index in [2.05, 4.69) is 32.3 Å². The number of methoxy groups -OCH3 is 1. The molecule has 0 aliphatic carbocycles. The van der Waals surface area contributed by atoms with Crippen LogP contribution in [0, 0.1) is 3.70 Å². The van der Waals surface area contributed by atoms with Gasteiger partial charge in [0.25, 0.3) is 0 Å². The summed E-state index contributed by atoms with van der Waals surface area (Å²) in [7, 11) is 1.40. The van der Waals surface area contributed by atoms with Crippen molar-refractivity contribution in [2.24, 2.45) is 0 Å². The Morgan fingerprint density at radius 3 is 2.92 bits per heavy atom. The lowest BCUT2D eigenvalue weighted by Crippen LogP contribution is -2.02. The number of aromatic nitrogens is 1. The van der Waals surface area contributed by atoms with Gasteiger partial charge in [0, 0.05) is 12.6 Å². The van der Waals surface area contributed by atoms with Gasteiger partial charge < -0.3 is 4.74 Å². The number of hydrogen-bond acceptors (Lipinski definition) is 3. The van der Waals surface area contributed by atoms with Crippen molar-refractivity contribution in [2.75, 3.05) is 7.11 Å². The zero-order chi connectivity index (χ0) is 9.68. The topological polar surface area (TPSA) is 39.2 Å². The minimum absolute atomic E-state index is 0.182. The molecule has 0 bridgehead atoms. The molecule has 0 amide bonds. The maximum atomic E-state index is 10.8. The Labute approximate surface area is 90.6 Å². The van der Waals surface area contributed by atoms with Crippen LogP contribution in [0.2, 0.25) is 0 Å². The standard InChI is InChI=1S/C9H10INO2/c1-13-9(12)5-3-7-2-4-8(10)11-6-7/h2,4,6H,3,5H2,1H3. The van der Waals surface area contributed by atoms with Crippen molar-refractivity contribution in [3.63, 3.8) is 0 Å². The van der Waals surface area contributed by atoms with Crippen molar-refractivity contribution in [1.29, 1.82) is 0 Å². The van der Waals surface area contributed by atoms with E-state index in [0.717, 1.165) is 9.26 Å². The number of carbonyl (C=O) groups is 1. The lowest BCUT2D eigenvalue weighted by atomic mass is 10.2. The van der Waals surface area contributed by atoms with Gasteiger partial charge in [-0.3, -0.25) is 9.78 Å². The number of aryl methyl sites for hydroxylation is 1. The molecule has 0 aliphatic rings. The Morgan fingerprint density at radius 2 is 2.38 bits per heavy atom. The van der Waals surface area contributed by atoms with Gasteiger partial charge in [0.05, 0.1) is 7.11 Å². The van der Waals surface area contributed by atoms with Gasteiger partial charge in [0.2, 0.25) is 0 Å². The third-order valence-electron chi connectivity index (χ3n) is 1.63. The zero-order valence-electron chi connectivity index (χ0n) is 7.29. The summed E-state index contributed by atoms with van der Waals surface area (Å²) in [6, 6.07) is 3.89. The third-order valence-corrected chi connectivity index (χ3v) is 2.27. The summed E-state index contributed by atoms with van der Waals surface area (Å²) in [5.74, 6) is -0.182. The van der Waals surface area contributed by atoms with E-state index in [1.807, 2.05) is 12.1 Å². The van der Waals surface area contributed by atoms with Crippen molar-refractivity contribution in [3.05, 3.63) is 27.6 Å². The van der Waals surface area contributed by atoms with Gasteiger partial charge in [-0.05, 0) is 40.6 Å². The second kappa shape index (κ2) is 5.16. The first kappa shape index (κ1) is 10.4. The van der Waals surface area contributed by atoms with Crippen molar-refractivity contribution in [3.8, 4) is 0 Å². The molecule has 1 heterocycles. The van der Waals surface area contributed by atoms with Gasteiger partial charge in [-0.25, -0.2) is 0 Å². The van der Waals surface area contributed by atoms with Crippen molar-refractivity contribution in [1.82, 2.24) is 4.98 Å². The highest BCUT2D eigenvalue weighted by atomic mass is 127. The number of carbonyl (C=O) groups excluding carboxylic acids is 1. The van der Waals surface area contributed by atoms with Gasteiger partial charge in [0.15, 0.2) is 0 Å². The molecule has 13 heavy (non-hydrogen) atoms. The van der Waals surface area contributed by atoms with E-state index in [0.29, 0.717) is 12.8 Å². The van der Waals surface area contributed by atoms with Gasteiger partial charge in [-0.2, -0.15) is 0 Å². The Morgan fingerprint density at radius 1 is 1.62 bits per heavy atom. The predicted molar refractivity (Wildman–Crippen MR) is 57.3 cm³/mol. The van der Waals surface area contributed by atoms with Crippen LogP contribution in [0.25, 0.3) is 0 Å². The first-order valence-corrected chi connectivity index (χ1v) is 4.97. The van der Waals surface area contributed by atoms with Crippen molar-refractivity contribution in [2.45, 2.75) is 12.8 Å². The van der Waals surface area contributed by atoms with E-state index in [4.69, 9.17) is 0 Å². The lowest BCUT2D eigenvalue weighted by Gasteiger charge is -1.99. The SMILES string of the molecule is COC(=O)CCc1ccc(I)nc1. The number of esters is 1. The largest absolute Gasteiger partial charge is 0.469 e. The monoisotopic (exact) mass is 291 g/mol. The van der Waals surface area contributed by atoms with E-state index >= 15 is 0 Å². The highest BCUT2D eigenvalue weighted by molar-refractivity contribution is 14.1. The number of nitrogens with zero attached hydrogens (tertiary/aromatic N) is 1. The van der Waals surface area contributed by atoms with Crippen LogP contribution in [-0.4, -0.2) is 18.1 Å². The van der Waals surface area contributed by atoms with Crippen LogP contribution in [0.4, 0.5) is 0 Å². The Balaban J connectivity index is 2.46. The minimum atomic E-state index is -0.182. The molecule has 1 aromatic heterocycles. The van der Waals surface area contributed by atoms with E-state index in [1.165, 1.54) is 7.11 Å². The molecule has 0 aliphatic heterocycles. The van der Waals surface area contributed by atoms with Gasteiger partial charge in [-0.15, -0.1) is 0 Å². The normalized spacial score (nSPS) is 9.69. The highest BCUT2D eigenvalue weighted by Gasteiger charge is 2.00. The number of ether oxygens (including phenoxy) is 1. The van der Waals surface area contributed by atoms with E-state index in [9.17, 15) is 4.79 Å². The fourth-order valence-corrected chi connectivity index (χ4v) is 1.22. The number of rotatable bonds is 3. The fraction of sp³-hybridized carbons (Fsp3) is 0.333. The molecular weight excluding hydrogens is 281 g/mol. The molecule has 0 aromatic carbocycles. The van der Waals surface area contributed by atoms with Crippen LogP contribution in [0.15, 0.2) is 18.3 Å². The summed E-state index contributed by atoms with van der Waals surface area (Å²) < 4.78 is 5.49. The molecule has 0 atom stereocenters. The van der Waals surface area contributed by atoms with Crippen LogP contribution in [0.1, 0.15) is 12.0 Å². The predicted octanol–water partition coefficient (Wildman–Crippen LogP) is 1.79. The molecule has 4 heteroatoms. The lowest BCUT2D eigenvalue weighted by molar-refractivity contribution is -0.140. The smallest absolute Gasteiger partial charge is 0.305 e. The summed E-state index contributed by atoms with van der Waals surface area (Å²) in [6.07, 6.45) is 2.89. The van der Waals surface area contributed by atoms with Crippen LogP contribution in [-0.2, 0) is 16.0 Å². The van der Waals surface area contributed by atoms with Crippen molar-refractivity contribution >= 4 is 28.6 Å². The summed E-state index contributed by atoms with van der Waals surface area (Å²) in [5, 5.41) is 0. The Hall–Kier alpha value is -0.650. The first-order valence-electron chi connectivity index (χ1n) is 3.89.